The molecule has 1 N–H and O–H groups in total. The van der Waals surface area contributed by atoms with Crippen LogP contribution in [0.15, 0.2) is 42.5 Å². The monoisotopic (exact) mass is 446 g/mol. The standard InChI is InChI=1S/C23H30N2O5S/c1-4-21(20-9-10-22(29-3)17(2)15-20)24-23(26)19-7-5-18(6-8-19)16-31(27,28)25-11-13-30-14-12-25/h5-10,15,21H,4,11-14,16H2,1-3H3,(H,24,26)/t21-/m0/s1. The van der Waals surface area contributed by atoms with Gasteiger partial charge in [-0.2, -0.15) is 4.31 Å². The molecule has 7 nitrogen and oxygen atoms in total. The molecule has 1 atom stereocenters. The van der Waals surface area contributed by atoms with Gasteiger partial charge in [0.1, 0.15) is 5.75 Å². The average molecular weight is 447 g/mol. The van der Waals surface area contributed by atoms with Crippen molar-refractivity contribution in [1.82, 2.24) is 9.62 Å². The molecule has 1 heterocycles. The van der Waals surface area contributed by atoms with E-state index in [1.165, 1.54) is 4.31 Å². The van der Waals surface area contributed by atoms with Crippen LogP contribution in [0.4, 0.5) is 0 Å². The number of amides is 1. The molecule has 0 bridgehead atoms. The Hall–Kier alpha value is -2.42. The zero-order valence-corrected chi connectivity index (χ0v) is 19.1. The van der Waals surface area contributed by atoms with Gasteiger partial charge in [-0.1, -0.05) is 31.2 Å². The van der Waals surface area contributed by atoms with E-state index in [-0.39, 0.29) is 17.7 Å². The van der Waals surface area contributed by atoms with Gasteiger partial charge in [0.25, 0.3) is 5.91 Å². The highest BCUT2D eigenvalue weighted by Gasteiger charge is 2.24. The lowest BCUT2D eigenvalue weighted by Crippen LogP contribution is -2.41. The Kier molecular flexibility index (Phi) is 7.69. The van der Waals surface area contributed by atoms with Gasteiger partial charge in [0.2, 0.25) is 10.0 Å². The summed E-state index contributed by atoms with van der Waals surface area (Å²) in [6.45, 7) is 5.60. The molecule has 1 aliphatic rings. The largest absolute Gasteiger partial charge is 0.496 e. The smallest absolute Gasteiger partial charge is 0.251 e. The van der Waals surface area contributed by atoms with E-state index in [1.54, 1.807) is 31.4 Å². The number of rotatable bonds is 8. The van der Waals surface area contributed by atoms with Crippen molar-refractivity contribution in [3.05, 3.63) is 64.7 Å². The van der Waals surface area contributed by atoms with Gasteiger partial charge in [-0.3, -0.25) is 4.79 Å². The molecule has 3 rings (SSSR count). The van der Waals surface area contributed by atoms with E-state index in [4.69, 9.17) is 9.47 Å². The van der Waals surface area contributed by atoms with E-state index in [0.717, 1.165) is 23.3 Å². The number of methoxy groups -OCH3 is 1. The molecule has 0 unspecified atom stereocenters. The Morgan fingerprint density at radius 1 is 1.16 bits per heavy atom. The summed E-state index contributed by atoms with van der Waals surface area (Å²) in [5.74, 6) is 0.535. The van der Waals surface area contributed by atoms with Crippen LogP contribution in [0.3, 0.4) is 0 Å². The van der Waals surface area contributed by atoms with Crippen LogP contribution in [0, 0.1) is 6.92 Å². The minimum atomic E-state index is -3.40. The number of ether oxygens (including phenoxy) is 2. The van der Waals surface area contributed by atoms with Crippen molar-refractivity contribution in [2.75, 3.05) is 33.4 Å². The summed E-state index contributed by atoms with van der Waals surface area (Å²) in [6, 6.07) is 12.5. The van der Waals surface area contributed by atoms with Crippen molar-refractivity contribution in [2.24, 2.45) is 0 Å². The first-order valence-corrected chi connectivity index (χ1v) is 12.0. The average Bonchev–Trinajstić information content (AvgIpc) is 2.78. The Balaban J connectivity index is 1.66. The molecular formula is C23H30N2O5S. The maximum atomic E-state index is 12.8. The Labute approximate surface area is 184 Å². The van der Waals surface area contributed by atoms with Crippen LogP contribution in [0.5, 0.6) is 5.75 Å². The summed E-state index contributed by atoms with van der Waals surface area (Å²) in [6.07, 6.45) is 0.743. The summed E-state index contributed by atoms with van der Waals surface area (Å²) in [4.78, 5) is 12.8. The van der Waals surface area contributed by atoms with E-state index >= 15 is 0 Å². The number of carbonyl (C=O) groups excluding carboxylic acids is 1. The fraction of sp³-hybridized carbons (Fsp3) is 0.435. The number of nitrogens with one attached hydrogen (secondary N) is 1. The fourth-order valence-corrected chi connectivity index (χ4v) is 5.16. The van der Waals surface area contributed by atoms with Gasteiger partial charge in [0, 0.05) is 18.7 Å². The second-order valence-corrected chi connectivity index (χ2v) is 9.60. The summed E-state index contributed by atoms with van der Waals surface area (Å²) in [7, 11) is -1.76. The molecule has 1 fully saturated rings. The fourth-order valence-electron chi connectivity index (χ4n) is 3.66. The first-order valence-electron chi connectivity index (χ1n) is 10.4. The molecule has 0 aromatic heterocycles. The van der Waals surface area contributed by atoms with Gasteiger partial charge >= 0.3 is 0 Å². The molecule has 2 aromatic carbocycles. The highest BCUT2D eigenvalue weighted by Crippen LogP contribution is 2.24. The van der Waals surface area contributed by atoms with Crippen molar-refractivity contribution in [2.45, 2.75) is 32.1 Å². The molecule has 0 aliphatic carbocycles. The number of sulfonamides is 1. The van der Waals surface area contributed by atoms with Crippen LogP contribution >= 0.6 is 0 Å². The van der Waals surface area contributed by atoms with Gasteiger partial charge in [0.15, 0.2) is 0 Å². The maximum Gasteiger partial charge on any atom is 0.251 e. The van der Waals surface area contributed by atoms with E-state index in [1.807, 2.05) is 32.0 Å². The van der Waals surface area contributed by atoms with Crippen molar-refractivity contribution in [3.8, 4) is 5.75 Å². The third-order valence-corrected chi connectivity index (χ3v) is 7.31. The molecule has 0 spiro atoms. The Bertz CT molecular complexity index is 999. The van der Waals surface area contributed by atoms with Gasteiger partial charge < -0.3 is 14.8 Å². The lowest BCUT2D eigenvalue weighted by Gasteiger charge is -2.26. The molecule has 8 heteroatoms. The second-order valence-electron chi connectivity index (χ2n) is 7.63. The van der Waals surface area contributed by atoms with Crippen molar-refractivity contribution >= 4 is 15.9 Å². The van der Waals surface area contributed by atoms with E-state index < -0.39 is 10.0 Å². The number of aryl methyl sites for hydroxylation is 1. The lowest BCUT2D eigenvalue weighted by atomic mass is 10.0. The van der Waals surface area contributed by atoms with Crippen molar-refractivity contribution in [1.29, 1.82) is 0 Å². The van der Waals surface area contributed by atoms with E-state index in [2.05, 4.69) is 5.32 Å². The SMILES string of the molecule is CC[C@H](NC(=O)c1ccc(CS(=O)(=O)N2CCOCC2)cc1)c1ccc(OC)c(C)c1. The third-order valence-electron chi connectivity index (χ3n) is 5.46. The summed E-state index contributed by atoms with van der Waals surface area (Å²) >= 11 is 0. The summed E-state index contributed by atoms with van der Waals surface area (Å²) in [5, 5.41) is 3.06. The van der Waals surface area contributed by atoms with Gasteiger partial charge in [-0.15, -0.1) is 0 Å². The first kappa shape index (κ1) is 23.2. The molecule has 2 aromatic rings. The minimum Gasteiger partial charge on any atom is -0.496 e. The normalized spacial score (nSPS) is 16.0. The number of morpholine rings is 1. The molecule has 1 amide bonds. The number of hydrogen-bond donors (Lipinski definition) is 1. The van der Waals surface area contributed by atoms with Crippen molar-refractivity contribution in [3.63, 3.8) is 0 Å². The highest BCUT2D eigenvalue weighted by molar-refractivity contribution is 7.88. The van der Waals surface area contributed by atoms with Gasteiger partial charge in [-0.05, 0) is 48.2 Å². The molecule has 31 heavy (non-hydrogen) atoms. The first-order chi connectivity index (χ1) is 14.8. The van der Waals surface area contributed by atoms with Crippen LogP contribution in [-0.4, -0.2) is 52.0 Å². The molecular weight excluding hydrogens is 416 g/mol. The zero-order valence-electron chi connectivity index (χ0n) is 18.3. The van der Waals surface area contributed by atoms with Crippen LogP contribution in [0.2, 0.25) is 0 Å². The molecule has 168 valence electrons. The quantitative estimate of drug-likeness (QED) is 0.674. The molecule has 0 radical (unpaired) electrons. The number of carbonyl (C=O) groups is 1. The lowest BCUT2D eigenvalue weighted by molar-refractivity contribution is 0.0729. The topological polar surface area (TPSA) is 84.9 Å². The second kappa shape index (κ2) is 10.3. The summed E-state index contributed by atoms with van der Waals surface area (Å²) < 4.78 is 37.1. The minimum absolute atomic E-state index is 0.0857. The van der Waals surface area contributed by atoms with Gasteiger partial charge in [-0.25, -0.2) is 8.42 Å². The number of benzene rings is 2. The predicted octanol–water partition coefficient (Wildman–Crippen LogP) is 3.05. The van der Waals surface area contributed by atoms with E-state index in [9.17, 15) is 13.2 Å². The number of nitrogens with zero attached hydrogens (tertiary/aromatic N) is 1. The number of hydrogen-bond acceptors (Lipinski definition) is 5. The van der Waals surface area contributed by atoms with Crippen LogP contribution < -0.4 is 10.1 Å². The molecule has 0 saturated carbocycles. The molecule has 1 saturated heterocycles. The predicted molar refractivity (Wildman–Crippen MR) is 120 cm³/mol. The van der Waals surface area contributed by atoms with Crippen LogP contribution in [-0.2, 0) is 20.5 Å². The zero-order chi connectivity index (χ0) is 22.4. The van der Waals surface area contributed by atoms with E-state index in [0.29, 0.717) is 37.4 Å². The Morgan fingerprint density at radius 3 is 2.42 bits per heavy atom. The Morgan fingerprint density at radius 2 is 1.84 bits per heavy atom. The van der Waals surface area contributed by atoms with Crippen LogP contribution in [0.1, 0.15) is 46.4 Å². The third kappa shape index (κ3) is 5.84. The van der Waals surface area contributed by atoms with Crippen LogP contribution in [0.25, 0.3) is 0 Å². The molecule has 1 aliphatic heterocycles. The summed E-state index contributed by atoms with van der Waals surface area (Å²) in [5.41, 5.74) is 3.18. The van der Waals surface area contributed by atoms with Crippen molar-refractivity contribution < 1.29 is 22.7 Å². The highest BCUT2D eigenvalue weighted by atomic mass is 32.2. The maximum absolute atomic E-state index is 12.8. The van der Waals surface area contributed by atoms with Gasteiger partial charge in [0.05, 0.1) is 32.1 Å².